The first-order valence-corrected chi connectivity index (χ1v) is 7.20. The van der Waals surface area contributed by atoms with E-state index >= 15 is 0 Å². The Kier molecular flexibility index (Phi) is 5.16. The molecule has 2 rings (SSSR count). The number of rotatable bonds is 6. The Balaban J connectivity index is 2.16. The third kappa shape index (κ3) is 3.91. The summed E-state index contributed by atoms with van der Waals surface area (Å²) in [6.45, 7) is 3.04. The van der Waals surface area contributed by atoms with E-state index in [1.165, 1.54) is 6.07 Å². The van der Waals surface area contributed by atoms with Crippen LogP contribution in [0, 0.1) is 5.82 Å². The second kappa shape index (κ2) is 6.87. The molecule has 19 heavy (non-hydrogen) atoms. The van der Waals surface area contributed by atoms with Crippen LogP contribution in [0.3, 0.4) is 0 Å². The molecule has 2 aromatic rings. The van der Waals surface area contributed by atoms with Gasteiger partial charge in [-0.15, -0.1) is 0 Å². The van der Waals surface area contributed by atoms with E-state index in [4.69, 9.17) is 4.42 Å². The summed E-state index contributed by atoms with van der Waals surface area (Å²) in [6.07, 6.45) is 3.44. The monoisotopic (exact) mass is 325 g/mol. The molecular weight excluding hydrogens is 309 g/mol. The van der Waals surface area contributed by atoms with Crippen LogP contribution in [-0.2, 0) is 6.42 Å². The molecule has 4 heteroatoms. The minimum absolute atomic E-state index is 0.120. The maximum atomic E-state index is 13.2. The highest BCUT2D eigenvalue weighted by Crippen LogP contribution is 2.27. The summed E-state index contributed by atoms with van der Waals surface area (Å²) in [4.78, 5) is 0. The fourth-order valence-corrected chi connectivity index (χ4v) is 2.58. The predicted octanol–water partition coefficient (Wildman–Crippen LogP) is 4.46. The van der Waals surface area contributed by atoms with Gasteiger partial charge in [0.05, 0.1) is 6.26 Å². The summed E-state index contributed by atoms with van der Waals surface area (Å²) in [6, 6.07) is 8.79. The minimum Gasteiger partial charge on any atom is -0.457 e. The first kappa shape index (κ1) is 14.3. The van der Waals surface area contributed by atoms with Gasteiger partial charge in [-0.2, -0.15) is 0 Å². The van der Waals surface area contributed by atoms with Crippen molar-refractivity contribution in [1.29, 1.82) is 0 Å². The molecule has 1 unspecified atom stereocenters. The van der Waals surface area contributed by atoms with E-state index in [1.807, 2.05) is 12.1 Å². The largest absolute Gasteiger partial charge is 0.457 e. The zero-order chi connectivity index (χ0) is 13.7. The van der Waals surface area contributed by atoms with Gasteiger partial charge in [-0.05, 0) is 59.1 Å². The molecule has 102 valence electrons. The van der Waals surface area contributed by atoms with Crippen molar-refractivity contribution in [2.75, 3.05) is 6.54 Å². The van der Waals surface area contributed by atoms with E-state index in [1.54, 1.807) is 18.4 Å². The Morgan fingerprint density at radius 3 is 2.84 bits per heavy atom. The van der Waals surface area contributed by atoms with Crippen molar-refractivity contribution in [3.63, 3.8) is 0 Å². The van der Waals surface area contributed by atoms with Gasteiger partial charge >= 0.3 is 0 Å². The smallest absolute Gasteiger partial charge is 0.173 e. The fraction of sp³-hybridized carbons (Fsp3) is 0.333. The van der Waals surface area contributed by atoms with Gasteiger partial charge < -0.3 is 9.73 Å². The number of furan rings is 1. The lowest BCUT2D eigenvalue weighted by Crippen LogP contribution is -2.24. The van der Waals surface area contributed by atoms with Gasteiger partial charge in [0.15, 0.2) is 4.67 Å². The molecule has 0 aliphatic heterocycles. The van der Waals surface area contributed by atoms with Crippen molar-refractivity contribution in [2.45, 2.75) is 25.8 Å². The molecule has 1 atom stereocenters. The molecule has 0 aliphatic carbocycles. The van der Waals surface area contributed by atoms with Crippen LogP contribution in [0.5, 0.6) is 0 Å². The van der Waals surface area contributed by atoms with Crippen LogP contribution in [0.2, 0.25) is 0 Å². The van der Waals surface area contributed by atoms with E-state index in [-0.39, 0.29) is 11.9 Å². The van der Waals surface area contributed by atoms with Crippen LogP contribution in [0.1, 0.15) is 30.5 Å². The van der Waals surface area contributed by atoms with E-state index in [0.29, 0.717) is 0 Å². The standard InChI is InChI=1S/C15H17BrFNO/c1-2-7-18-14(13-6-8-19-15(13)16)10-11-4-3-5-12(17)9-11/h3-6,8-9,14,18H,2,7,10H2,1H3. The summed E-state index contributed by atoms with van der Waals surface area (Å²) in [5.74, 6) is -0.196. The maximum absolute atomic E-state index is 13.2. The van der Waals surface area contributed by atoms with Gasteiger partial charge in [0.2, 0.25) is 0 Å². The van der Waals surface area contributed by atoms with Crippen molar-refractivity contribution < 1.29 is 8.81 Å². The lowest BCUT2D eigenvalue weighted by atomic mass is 10.0. The Hall–Kier alpha value is -1.13. The van der Waals surface area contributed by atoms with Crippen LogP contribution in [0.15, 0.2) is 45.7 Å². The maximum Gasteiger partial charge on any atom is 0.173 e. The van der Waals surface area contributed by atoms with Gasteiger partial charge in [-0.1, -0.05) is 19.1 Å². The topological polar surface area (TPSA) is 25.2 Å². The Morgan fingerprint density at radius 1 is 1.37 bits per heavy atom. The third-order valence-corrected chi connectivity index (χ3v) is 3.64. The van der Waals surface area contributed by atoms with E-state index in [0.717, 1.165) is 35.2 Å². The van der Waals surface area contributed by atoms with Crippen molar-refractivity contribution in [3.05, 3.63) is 58.2 Å². The SMILES string of the molecule is CCCNC(Cc1cccc(F)c1)c1ccoc1Br. The van der Waals surface area contributed by atoms with E-state index in [9.17, 15) is 4.39 Å². The molecule has 0 bridgehead atoms. The first-order chi connectivity index (χ1) is 9.20. The van der Waals surface area contributed by atoms with E-state index in [2.05, 4.69) is 28.2 Å². The van der Waals surface area contributed by atoms with Crippen molar-refractivity contribution in [1.82, 2.24) is 5.32 Å². The van der Waals surface area contributed by atoms with Crippen LogP contribution in [0.4, 0.5) is 4.39 Å². The minimum atomic E-state index is -0.196. The zero-order valence-electron chi connectivity index (χ0n) is 10.8. The van der Waals surface area contributed by atoms with Crippen LogP contribution < -0.4 is 5.32 Å². The highest BCUT2D eigenvalue weighted by atomic mass is 79.9. The molecule has 1 N–H and O–H groups in total. The second-order valence-electron chi connectivity index (χ2n) is 4.49. The summed E-state index contributed by atoms with van der Waals surface area (Å²) in [7, 11) is 0. The normalized spacial score (nSPS) is 12.6. The molecule has 0 saturated carbocycles. The Bertz CT molecular complexity index is 526. The van der Waals surface area contributed by atoms with Crippen LogP contribution in [0.25, 0.3) is 0 Å². The van der Waals surface area contributed by atoms with Gasteiger partial charge in [0.25, 0.3) is 0 Å². The quantitative estimate of drug-likeness (QED) is 0.847. The highest BCUT2D eigenvalue weighted by molar-refractivity contribution is 9.10. The molecule has 1 aromatic heterocycles. The average Bonchev–Trinajstić information content (AvgIpc) is 2.81. The summed E-state index contributed by atoms with van der Waals surface area (Å²) in [5, 5.41) is 3.47. The van der Waals surface area contributed by atoms with Gasteiger partial charge in [0.1, 0.15) is 5.82 Å². The molecule has 2 nitrogen and oxygen atoms in total. The van der Waals surface area contributed by atoms with Gasteiger partial charge in [-0.25, -0.2) is 4.39 Å². The van der Waals surface area contributed by atoms with Gasteiger partial charge in [0, 0.05) is 11.6 Å². The second-order valence-corrected chi connectivity index (χ2v) is 5.21. The summed E-state index contributed by atoms with van der Waals surface area (Å²) < 4.78 is 19.3. The van der Waals surface area contributed by atoms with Crippen LogP contribution in [-0.4, -0.2) is 6.54 Å². The lowest BCUT2D eigenvalue weighted by molar-refractivity contribution is 0.497. The molecule has 1 heterocycles. The molecule has 0 aliphatic rings. The molecule has 0 saturated heterocycles. The molecule has 0 fully saturated rings. The average molecular weight is 326 g/mol. The van der Waals surface area contributed by atoms with Gasteiger partial charge in [-0.3, -0.25) is 0 Å². The Morgan fingerprint density at radius 2 is 2.21 bits per heavy atom. The Labute approximate surface area is 121 Å². The van der Waals surface area contributed by atoms with Crippen molar-refractivity contribution in [3.8, 4) is 0 Å². The summed E-state index contributed by atoms with van der Waals surface area (Å²) >= 11 is 3.41. The molecule has 0 radical (unpaired) electrons. The summed E-state index contributed by atoms with van der Waals surface area (Å²) in [5.41, 5.74) is 2.04. The highest BCUT2D eigenvalue weighted by Gasteiger charge is 2.16. The first-order valence-electron chi connectivity index (χ1n) is 6.41. The number of benzene rings is 1. The van der Waals surface area contributed by atoms with Crippen molar-refractivity contribution in [2.24, 2.45) is 0 Å². The molecule has 0 amide bonds. The number of hydrogen-bond donors (Lipinski definition) is 1. The molecule has 0 spiro atoms. The van der Waals surface area contributed by atoms with Crippen molar-refractivity contribution >= 4 is 15.9 Å². The number of nitrogens with one attached hydrogen (secondary N) is 1. The number of hydrogen-bond acceptors (Lipinski definition) is 2. The molecule has 1 aromatic carbocycles. The fourth-order valence-electron chi connectivity index (χ4n) is 2.06. The van der Waals surface area contributed by atoms with Crippen LogP contribution >= 0.6 is 15.9 Å². The zero-order valence-corrected chi connectivity index (χ0v) is 12.4. The lowest BCUT2D eigenvalue weighted by Gasteiger charge is -2.18. The number of halogens is 2. The predicted molar refractivity (Wildman–Crippen MR) is 77.5 cm³/mol. The third-order valence-electron chi connectivity index (χ3n) is 2.99. The van der Waals surface area contributed by atoms with E-state index < -0.39 is 0 Å². The molecular formula is C15H17BrFNO.